The lowest BCUT2D eigenvalue weighted by Crippen LogP contribution is -2.44. The van der Waals surface area contributed by atoms with Gasteiger partial charge in [-0.15, -0.1) is 0 Å². The van der Waals surface area contributed by atoms with E-state index in [-0.39, 0.29) is 0 Å². The molecule has 4 heteroatoms. The third-order valence-electron chi connectivity index (χ3n) is 7.10. The highest BCUT2D eigenvalue weighted by Crippen LogP contribution is 2.15. The Balaban J connectivity index is 1.64. The van der Waals surface area contributed by atoms with Gasteiger partial charge in [-0.05, 0) is 65.0 Å². The zero-order chi connectivity index (χ0) is 22.8. The summed E-state index contributed by atoms with van der Waals surface area (Å²) in [5, 5.41) is 0. The van der Waals surface area contributed by atoms with Crippen LogP contribution in [0, 0.1) is 0 Å². The Morgan fingerprint density at radius 3 is 1.31 bits per heavy atom. The average molecular weight is 437 g/mol. The second-order valence-corrected chi connectivity index (χ2v) is 9.79. The van der Waals surface area contributed by atoms with Gasteiger partial charge in [-0.25, -0.2) is 0 Å². The van der Waals surface area contributed by atoms with Crippen LogP contribution in [0.4, 0.5) is 0 Å². The number of hydrogen-bond donors (Lipinski definition) is 0. The molecule has 1 aliphatic rings. The number of rotatable bonds is 4. The maximum absolute atomic E-state index is 2.68. The third-order valence-corrected chi connectivity index (χ3v) is 7.10. The maximum Gasteiger partial charge on any atom is 0.0237 e. The summed E-state index contributed by atoms with van der Waals surface area (Å²) < 4.78 is 0. The first kappa shape index (κ1) is 24.9. The molecule has 2 aromatic carbocycles. The summed E-state index contributed by atoms with van der Waals surface area (Å²) in [7, 11) is 4.58. The largest absolute Gasteiger partial charge is 0.305 e. The molecule has 2 atom stereocenters. The number of nitrogens with zero attached hydrogens (tertiary/aromatic N) is 4. The van der Waals surface area contributed by atoms with Crippen molar-refractivity contribution in [3.05, 3.63) is 71.8 Å². The van der Waals surface area contributed by atoms with E-state index in [1.807, 2.05) is 0 Å². The van der Waals surface area contributed by atoms with E-state index >= 15 is 0 Å². The molecule has 0 amide bonds. The summed E-state index contributed by atoms with van der Waals surface area (Å²) in [6.45, 7) is 13.7. The smallest absolute Gasteiger partial charge is 0.0237 e. The van der Waals surface area contributed by atoms with Crippen LogP contribution in [0.2, 0.25) is 0 Å². The molecule has 3 rings (SSSR count). The zero-order valence-electron chi connectivity index (χ0n) is 20.8. The van der Waals surface area contributed by atoms with E-state index in [2.05, 4.69) is 108 Å². The van der Waals surface area contributed by atoms with E-state index in [9.17, 15) is 0 Å². The first-order chi connectivity index (χ1) is 15.5. The summed E-state index contributed by atoms with van der Waals surface area (Å²) >= 11 is 0. The summed E-state index contributed by atoms with van der Waals surface area (Å²) in [6.07, 6.45) is 2.42. The van der Waals surface area contributed by atoms with Gasteiger partial charge >= 0.3 is 0 Å². The Labute approximate surface area is 196 Å². The fraction of sp³-hybridized carbons (Fsp3) is 0.571. The summed E-state index contributed by atoms with van der Waals surface area (Å²) in [4.78, 5) is 10.4. The van der Waals surface area contributed by atoms with Crippen LogP contribution in [-0.2, 0) is 13.1 Å². The highest BCUT2D eigenvalue weighted by atomic mass is 15.2. The molecule has 0 unspecified atom stereocenters. The number of benzene rings is 2. The second kappa shape index (κ2) is 13.1. The van der Waals surface area contributed by atoms with Gasteiger partial charge < -0.3 is 9.80 Å². The topological polar surface area (TPSA) is 13.0 Å². The van der Waals surface area contributed by atoms with Gasteiger partial charge in [0, 0.05) is 51.4 Å². The van der Waals surface area contributed by atoms with Crippen LogP contribution in [0.1, 0.15) is 37.8 Å². The molecule has 1 saturated heterocycles. The fourth-order valence-corrected chi connectivity index (χ4v) is 4.55. The monoisotopic (exact) mass is 436 g/mol. The van der Waals surface area contributed by atoms with Gasteiger partial charge in [0.15, 0.2) is 0 Å². The van der Waals surface area contributed by atoms with Crippen molar-refractivity contribution in [2.75, 3.05) is 53.4 Å². The van der Waals surface area contributed by atoms with E-state index in [0.29, 0.717) is 12.1 Å². The molecule has 0 radical (unpaired) electrons. The summed E-state index contributed by atoms with van der Waals surface area (Å²) in [6, 6.07) is 23.1. The van der Waals surface area contributed by atoms with Crippen LogP contribution in [0.3, 0.4) is 0 Å². The highest BCUT2D eigenvalue weighted by molar-refractivity contribution is 5.15. The molecule has 0 saturated carbocycles. The minimum absolute atomic E-state index is 0.577. The number of likely N-dealkylation sites (N-methyl/N-ethyl adjacent to an activating group) is 2. The van der Waals surface area contributed by atoms with Crippen molar-refractivity contribution in [3.8, 4) is 0 Å². The Morgan fingerprint density at radius 1 is 0.562 bits per heavy atom. The lowest BCUT2D eigenvalue weighted by molar-refractivity contribution is 0.123. The molecular weight excluding hydrogens is 392 g/mol. The van der Waals surface area contributed by atoms with Gasteiger partial charge in [0.1, 0.15) is 0 Å². The van der Waals surface area contributed by atoms with Crippen molar-refractivity contribution in [2.24, 2.45) is 0 Å². The minimum Gasteiger partial charge on any atom is -0.305 e. The quantitative estimate of drug-likeness (QED) is 0.703. The molecule has 0 spiro atoms. The Hall–Kier alpha value is -1.72. The molecule has 176 valence electrons. The summed E-state index contributed by atoms with van der Waals surface area (Å²) in [5.74, 6) is 0. The Morgan fingerprint density at radius 2 is 0.938 bits per heavy atom. The molecule has 1 fully saturated rings. The predicted molar refractivity (Wildman–Crippen MR) is 137 cm³/mol. The van der Waals surface area contributed by atoms with Crippen molar-refractivity contribution in [2.45, 2.75) is 51.9 Å². The molecule has 4 nitrogen and oxygen atoms in total. The molecule has 0 bridgehead atoms. The van der Waals surface area contributed by atoms with Gasteiger partial charge in [-0.1, -0.05) is 60.7 Å². The van der Waals surface area contributed by atoms with E-state index in [1.54, 1.807) is 0 Å². The van der Waals surface area contributed by atoms with Crippen molar-refractivity contribution < 1.29 is 0 Å². The van der Waals surface area contributed by atoms with Crippen LogP contribution in [0.15, 0.2) is 60.7 Å². The molecule has 0 aliphatic carbocycles. The van der Waals surface area contributed by atoms with Gasteiger partial charge in [0.05, 0.1) is 0 Å². The van der Waals surface area contributed by atoms with Crippen molar-refractivity contribution >= 4 is 0 Å². The highest BCUT2D eigenvalue weighted by Gasteiger charge is 2.19. The van der Waals surface area contributed by atoms with Crippen LogP contribution in [0.5, 0.6) is 0 Å². The first-order valence-electron chi connectivity index (χ1n) is 12.4. The molecule has 1 heterocycles. The average Bonchev–Trinajstić information content (AvgIpc) is 2.82. The minimum atomic E-state index is 0.577. The van der Waals surface area contributed by atoms with Crippen LogP contribution >= 0.6 is 0 Å². The molecule has 2 aromatic rings. The van der Waals surface area contributed by atoms with Gasteiger partial charge in [-0.3, -0.25) is 9.80 Å². The Kier molecular flexibility index (Phi) is 10.2. The van der Waals surface area contributed by atoms with Crippen LogP contribution < -0.4 is 0 Å². The lowest BCUT2D eigenvalue weighted by Gasteiger charge is -2.35. The van der Waals surface area contributed by atoms with E-state index in [1.165, 1.54) is 24.0 Å². The SMILES string of the molecule is C[C@@H]1CCN(C)CCN(Cc2ccccc2)[C@@H](C)CCN(C)CCN1Cc1ccccc1. The third kappa shape index (κ3) is 8.32. The van der Waals surface area contributed by atoms with Crippen molar-refractivity contribution in [1.82, 2.24) is 19.6 Å². The standard InChI is InChI=1S/C28H44N4/c1-25-15-17-29(3)20-22-32(24-28-13-9-6-10-14-28)26(2)16-18-30(4)19-21-31(25)23-27-11-7-5-8-12-27/h5-14,25-26H,15-24H2,1-4H3/t25-,26+. The van der Waals surface area contributed by atoms with E-state index in [0.717, 1.165) is 52.4 Å². The Bertz CT molecular complexity index is 685. The lowest BCUT2D eigenvalue weighted by atomic mass is 10.1. The molecule has 1 aliphatic heterocycles. The zero-order valence-corrected chi connectivity index (χ0v) is 20.8. The van der Waals surface area contributed by atoms with Crippen LogP contribution in [-0.4, -0.2) is 85.0 Å². The van der Waals surface area contributed by atoms with Gasteiger partial charge in [-0.2, -0.15) is 0 Å². The predicted octanol–water partition coefficient (Wildman–Crippen LogP) is 4.43. The molecule has 32 heavy (non-hydrogen) atoms. The fourth-order valence-electron chi connectivity index (χ4n) is 4.55. The van der Waals surface area contributed by atoms with Gasteiger partial charge in [0.25, 0.3) is 0 Å². The van der Waals surface area contributed by atoms with E-state index in [4.69, 9.17) is 0 Å². The molecule has 0 N–H and O–H groups in total. The molecule has 0 aromatic heterocycles. The van der Waals surface area contributed by atoms with Gasteiger partial charge in [0.2, 0.25) is 0 Å². The first-order valence-corrected chi connectivity index (χ1v) is 12.4. The normalized spacial score (nSPS) is 24.2. The molecular formula is C28H44N4. The van der Waals surface area contributed by atoms with Crippen molar-refractivity contribution in [1.29, 1.82) is 0 Å². The summed E-state index contributed by atoms with van der Waals surface area (Å²) in [5.41, 5.74) is 2.84. The van der Waals surface area contributed by atoms with E-state index < -0.39 is 0 Å². The second-order valence-electron chi connectivity index (χ2n) is 9.79. The number of hydrogen-bond acceptors (Lipinski definition) is 4. The maximum atomic E-state index is 2.68. The van der Waals surface area contributed by atoms with Crippen LogP contribution in [0.25, 0.3) is 0 Å². The van der Waals surface area contributed by atoms with Crippen molar-refractivity contribution in [3.63, 3.8) is 0 Å².